The van der Waals surface area contributed by atoms with Crippen molar-refractivity contribution in [1.29, 1.82) is 0 Å². The molecular formula is C22H32ClN3OS. The Labute approximate surface area is 179 Å². The van der Waals surface area contributed by atoms with Crippen LogP contribution < -0.4 is 5.32 Å². The number of ether oxygens (including phenoxy) is 1. The van der Waals surface area contributed by atoms with E-state index in [4.69, 9.17) is 28.6 Å². The van der Waals surface area contributed by atoms with Crippen molar-refractivity contribution in [2.24, 2.45) is 5.92 Å². The van der Waals surface area contributed by atoms with Gasteiger partial charge in [0.1, 0.15) is 0 Å². The molecule has 1 heterocycles. The van der Waals surface area contributed by atoms with Crippen molar-refractivity contribution < 1.29 is 4.74 Å². The van der Waals surface area contributed by atoms with Crippen LogP contribution in [0.2, 0.25) is 5.02 Å². The van der Waals surface area contributed by atoms with Gasteiger partial charge in [-0.3, -0.25) is 4.90 Å². The second-order valence-electron chi connectivity index (χ2n) is 7.77. The maximum atomic E-state index is 6.41. The van der Waals surface area contributed by atoms with Gasteiger partial charge in [-0.25, -0.2) is 0 Å². The molecule has 6 heteroatoms. The van der Waals surface area contributed by atoms with Crippen LogP contribution in [0, 0.1) is 12.8 Å². The van der Waals surface area contributed by atoms with E-state index in [1.807, 2.05) is 12.1 Å². The van der Waals surface area contributed by atoms with Crippen molar-refractivity contribution in [2.75, 3.05) is 51.3 Å². The first kappa shape index (κ1) is 21.6. The van der Waals surface area contributed by atoms with Crippen LogP contribution in [0.15, 0.2) is 30.4 Å². The molecule has 0 radical (unpaired) electrons. The van der Waals surface area contributed by atoms with Gasteiger partial charge < -0.3 is 15.0 Å². The lowest BCUT2D eigenvalue weighted by Gasteiger charge is -2.32. The van der Waals surface area contributed by atoms with Crippen LogP contribution in [0.25, 0.3) is 0 Å². The summed E-state index contributed by atoms with van der Waals surface area (Å²) in [4.78, 5) is 4.84. The van der Waals surface area contributed by atoms with E-state index in [1.165, 1.54) is 12.8 Å². The SMILES string of the molecule is Cc1cccc(Cl)c1NC(=S)N(CCCN1CCOCC1)CC1CC=CCC1. The first-order chi connectivity index (χ1) is 13.6. The zero-order chi connectivity index (χ0) is 19.8. The minimum absolute atomic E-state index is 0.667. The molecule has 1 unspecified atom stereocenters. The van der Waals surface area contributed by atoms with E-state index in [0.29, 0.717) is 5.92 Å². The number of morpholine rings is 1. The summed E-state index contributed by atoms with van der Waals surface area (Å²) in [6.45, 7) is 8.90. The highest BCUT2D eigenvalue weighted by Gasteiger charge is 2.19. The quantitative estimate of drug-likeness (QED) is 0.507. The average Bonchev–Trinajstić information content (AvgIpc) is 2.71. The van der Waals surface area contributed by atoms with Gasteiger partial charge in [0, 0.05) is 32.7 Å². The molecule has 0 bridgehead atoms. The minimum atomic E-state index is 0.667. The van der Waals surface area contributed by atoms with E-state index in [2.05, 4.69) is 40.3 Å². The van der Waals surface area contributed by atoms with Crippen LogP contribution in [0.1, 0.15) is 31.2 Å². The number of nitrogens with one attached hydrogen (secondary N) is 1. The largest absolute Gasteiger partial charge is 0.379 e. The fraction of sp³-hybridized carbons (Fsp3) is 0.591. The van der Waals surface area contributed by atoms with Crippen LogP contribution in [0.3, 0.4) is 0 Å². The Balaban J connectivity index is 1.60. The number of thiocarbonyl (C=S) groups is 1. The summed E-state index contributed by atoms with van der Waals surface area (Å²) in [5, 5.41) is 4.93. The van der Waals surface area contributed by atoms with Crippen molar-refractivity contribution in [1.82, 2.24) is 9.80 Å². The van der Waals surface area contributed by atoms with Crippen molar-refractivity contribution in [3.05, 3.63) is 40.9 Å². The highest BCUT2D eigenvalue weighted by atomic mass is 35.5. The van der Waals surface area contributed by atoms with Gasteiger partial charge in [-0.15, -0.1) is 0 Å². The van der Waals surface area contributed by atoms with Gasteiger partial charge in [0.15, 0.2) is 5.11 Å². The molecule has 0 saturated carbocycles. The number of aryl methyl sites for hydroxylation is 1. The van der Waals surface area contributed by atoms with Crippen LogP contribution in [-0.2, 0) is 4.74 Å². The topological polar surface area (TPSA) is 27.7 Å². The van der Waals surface area contributed by atoms with Crippen LogP contribution in [0.4, 0.5) is 5.69 Å². The molecule has 0 spiro atoms. The summed E-state index contributed by atoms with van der Waals surface area (Å²) in [6, 6.07) is 5.94. The van der Waals surface area contributed by atoms with E-state index in [9.17, 15) is 0 Å². The molecule has 0 aromatic heterocycles. The lowest BCUT2D eigenvalue weighted by molar-refractivity contribution is 0.0367. The molecule has 1 aromatic rings. The Morgan fingerprint density at radius 2 is 2.14 bits per heavy atom. The summed E-state index contributed by atoms with van der Waals surface area (Å²) in [7, 11) is 0. The molecule has 28 heavy (non-hydrogen) atoms. The number of anilines is 1. The molecule has 0 amide bonds. The predicted molar refractivity (Wildman–Crippen MR) is 122 cm³/mol. The molecule has 1 saturated heterocycles. The van der Waals surface area contributed by atoms with Crippen LogP contribution in [-0.4, -0.2) is 60.8 Å². The first-order valence-electron chi connectivity index (χ1n) is 10.4. The third kappa shape index (κ3) is 6.45. The monoisotopic (exact) mass is 421 g/mol. The lowest BCUT2D eigenvalue weighted by atomic mass is 9.94. The Morgan fingerprint density at radius 3 is 2.86 bits per heavy atom. The van der Waals surface area contributed by atoms with Crippen LogP contribution >= 0.6 is 23.8 Å². The molecule has 1 atom stereocenters. The Kier molecular flexibility index (Phi) is 8.59. The summed E-state index contributed by atoms with van der Waals surface area (Å²) < 4.78 is 5.45. The number of allylic oxidation sites excluding steroid dienone is 2. The number of para-hydroxylation sites is 1. The van der Waals surface area contributed by atoms with Gasteiger partial charge >= 0.3 is 0 Å². The van der Waals surface area contributed by atoms with E-state index >= 15 is 0 Å². The molecule has 1 N–H and O–H groups in total. The number of nitrogens with zero attached hydrogens (tertiary/aromatic N) is 2. The molecular weight excluding hydrogens is 390 g/mol. The summed E-state index contributed by atoms with van der Waals surface area (Å²) in [6.07, 6.45) is 9.28. The van der Waals surface area contributed by atoms with Crippen molar-refractivity contribution in [3.63, 3.8) is 0 Å². The maximum absolute atomic E-state index is 6.41. The van der Waals surface area contributed by atoms with Crippen LogP contribution in [0.5, 0.6) is 0 Å². The van der Waals surface area contributed by atoms with Crippen molar-refractivity contribution >= 4 is 34.6 Å². The van der Waals surface area contributed by atoms with Gasteiger partial charge in [0.25, 0.3) is 0 Å². The van der Waals surface area contributed by atoms with Gasteiger partial charge in [0.05, 0.1) is 23.9 Å². The average molecular weight is 422 g/mol. The summed E-state index contributed by atoms with van der Waals surface area (Å²) in [5.74, 6) is 0.667. The summed E-state index contributed by atoms with van der Waals surface area (Å²) in [5.41, 5.74) is 2.04. The Morgan fingerprint density at radius 1 is 1.32 bits per heavy atom. The third-order valence-corrected chi connectivity index (χ3v) is 6.28. The molecule has 4 nitrogen and oxygen atoms in total. The molecule has 1 aliphatic heterocycles. The molecule has 2 aliphatic rings. The van der Waals surface area contributed by atoms with E-state index in [1.54, 1.807) is 0 Å². The number of benzene rings is 1. The number of rotatable bonds is 7. The lowest BCUT2D eigenvalue weighted by Crippen LogP contribution is -2.42. The van der Waals surface area contributed by atoms with E-state index < -0.39 is 0 Å². The third-order valence-electron chi connectivity index (χ3n) is 5.60. The second-order valence-corrected chi connectivity index (χ2v) is 8.56. The zero-order valence-electron chi connectivity index (χ0n) is 16.8. The minimum Gasteiger partial charge on any atom is -0.379 e. The number of halogens is 1. The highest BCUT2D eigenvalue weighted by Crippen LogP contribution is 2.26. The van der Waals surface area contributed by atoms with E-state index in [-0.39, 0.29) is 0 Å². The van der Waals surface area contributed by atoms with Crippen molar-refractivity contribution in [3.8, 4) is 0 Å². The molecule has 1 aliphatic carbocycles. The zero-order valence-corrected chi connectivity index (χ0v) is 18.4. The standard InChI is InChI=1S/C22H32ClN3OS/c1-18-7-5-10-20(23)21(18)24-22(28)26(17-19-8-3-2-4-9-19)12-6-11-25-13-15-27-16-14-25/h2-3,5,7,10,19H,4,6,8-9,11-17H2,1H3,(H,24,28). The molecule has 3 rings (SSSR count). The Bertz CT molecular complexity index is 655. The fourth-order valence-electron chi connectivity index (χ4n) is 3.90. The first-order valence-corrected chi connectivity index (χ1v) is 11.2. The van der Waals surface area contributed by atoms with Crippen molar-refractivity contribution in [2.45, 2.75) is 32.6 Å². The second kappa shape index (κ2) is 11.1. The molecule has 1 fully saturated rings. The predicted octanol–water partition coefficient (Wildman–Crippen LogP) is 4.73. The molecule has 154 valence electrons. The Hall–Kier alpha value is -1.14. The maximum Gasteiger partial charge on any atom is 0.173 e. The van der Waals surface area contributed by atoms with Gasteiger partial charge in [-0.05, 0) is 62.4 Å². The van der Waals surface area contributed by atoms with Gasteiger partial charge in [-0.2, -0.15) is 0 Å². The highest BCUT2D eigenvalue weighted by molar-refractivity contribution is 7.80. The smallest absolute Gasteiger partial charge is 0.173 e. The fourth-order valence-corrected chi connectivity index (χ4v) is 4.43. The number of hydrogen-bond acceptors (Lipinski definition) is 3. The van der Waals surface area contributed by atoms with Gasteiger partial charge in [0.2, 0.25) is 0 Å². The van der Waals surface area contributed by atoms with E-state index in [0.717, 1.165) is 80.2 Å². The summed E-state index contributed by atoms with van der Waals surface area (Å²) >= 11 is 12.2. The number of hydrogen-bond donors (Lipinski definition) is 1. The molecule has 1 aromatic carbocycles. The van der Waals surface area contributed by atoms with Gasteiger partial charge in [-0.1, -0.05) is 35.9 Å². The normalized spacial score (nSPS) is 20.1.